The fourth-order valence-electron chi connectivity index (χ4n) is 7.40. The van der Waals surface area contributed by atoms with Crippen molar-refractivity contribution in [2.45, 2.75) is 58.8 Å². The van der Waals surface area contributed by atoms with Crippen molar-refractivity contribution >= 4 is 23.6 Å². The maximum absolute atomic E-state index is 12.0. The molecule has 0 spiro atoms. The zero-order chi connectivity index (χ0) is 20.4. The Bertz CT molecular complexity index is 963. The molecule has 2 fully saturated rings. The molecule has 2 saturated carbocycles. The molecule has 1 heterocycles. The molecule has 1 aromatic rings. The maximum atomic E-state index is 12.0. The Balaban J connectivity index is 1.49. The van der Waals surface area contributed by atoms with Crippen LogP contribution in [0.25, 0.3) is 17.8 Å². The topological polar surface area (TPSA) is 34.9 Å². The molecule has 0 amide bonds. The van der Waals surface area contributed by atoms with Gasteiger partial charge in [-0.1, -0.05) is 38.7 Å². The van der Waals surface area contributed by atoms with Crippen LogP contribution in [-0.4, -0.2) is 15.3 Å². The van der Waals surface area contributed by atoms with Crippen molar-refractivity contribution in [3.63, 3.8) is 0 Å². The van der Waals surface area contributed by atoms with Crippen LogP contribution in [0.1, 0.15) is 70.2 Å². The fraction of sp³-hybridized carbons (Fsp3) is 0.538. The second-order valence-electron chi connectivity index (χ2n) is 10.0. The molecule has 4 aliphatic rings. The molecular weight excluding hydrogens is 356 g/mol. The van der Waals surface area contributed by atoms with Gasteiger partial charge in [-0.3, -0.25) is 4.79 Å². The van der Waals surface area contributed by atoms with E-state index < -0.39 is 0 Å². The number of allylic oxidation sites excluding steroid dienone is 4. The van der Waals surface area contributed by atoms with E-state index in [4.69, 9.17) is 0 Å². The number of nitrogens with zero attached hydrogens (tertiary/aromatic N) is 2. The van der Waals surface area contributed by atoms with E-state index in [1.165, 1.54) is 30.5 Å². The average Bonchev–Trinajstić information content (AvgIpc) is 3.27. The number of carbonyl (C=O) groups is 1. The number of rotatable bonds is 3. The standard InChI is InChI=1S/C26H32N2O/c1-5-22-23(6-2)28(16-27-22)24-10-9-20-19-8-7-17-15-18(29)11-13-25(17,3)21(19)12-14-26(20,24)4/h5-6,10,15-16,19-21H,1-2,7-9,11-14H2,3-4H3. The lowest BCUT2D eigenvalue weighted by atomic mass is 9.47. The van der Waals surface area contributed by atoms with Gasteiger partial charge in [0.15, 0.2) is 5.78 Å². The van der Waals surface area contributed by atoms with E-state index in [9.17, 15) is 4.79 Å². The highest BCUT2D eigenvalue weighted by atomic mass is 16.1. The molecule has 1 aromatic heterocycles. The predicted molar refractivity (Wildman–Crippen MR) is 119 cm³/mol. The summed E-state index contributed by atoms with van der Waals surface area (Å²) in [5.74, 6) is 2.48. The van der Waals surface area contributed by atoms with Gasteiger partial charge >= 0.3 is 0 Å². The minimum Gasteiger partial charge on any atom is -0.302 e. The van der Waals surface area contributed by atoms with Crippen molar-refractivity contribution in [3.05, 3.63) is 48.6 Å². The lowest BCUT2D eigenvalue weighted by Crippen LogP contribution is -2.50. The van der Waals surface area contributed by atoms with E-state index in [1.807, 2.05) is 24.6 Å². The first-order valence-electron chi connectivity index (χ1n) is 11.2. The van der Waals surface area contributed by atoms with Crippen molar-refractivity contribution in [2.75, 3.05) is 0 Å². The Kier molecular flexibility index (Phi) is 4.17. The van der Waals surface area contributed by atoms with Crippen molar-refractivity contribution in [1.82, 2.24) is 9.55 Å². The van der Waals surface area contributed by atoms with Crippen molar-refractivity contribution < 1.29 is 4.79 Å². The van der Waals surface area contributed by atoms with Gasteiger partial charge in [0.2, 0.25) is 0 Å². The number of fused-ring (bicyclic) bond motifs is 5. The summed E-state index contributed by atoms with van der Waals surface area (Å²) < 4.78 is 2.26. The van der Waals surface area contributed by atoms with Gasteiger partial charge in [0.25, 0.3) is 0 Å². The highest BCUT2D eigenvalue weighted by Crippen LogP contribution is 2.66. The first kappa shape index (κ1) is 18.8. The van der Waals surface area contributed by atoms with Crippen molar-refractivity contribution in [3.8, 4) is 0 Å². The smallest absolute Gasteiger partial charge is 0.155 e. The van der Waals surface area contributed by atoms with Crippen LogP contribution in [0.4, 0.5) is 0 Å². The minimum absolute atomic E-state index is 0.181. The van der Waals surface area contributed by atoms with Gasteiger partial charge in [-0.25, -0.2) is 4.98 Å². The second-order valence-corrected chi connectivity index (χ2v) is 10.0. The molecule has 152 valence electrons. The Hall–Kier alpha value is -2.16. The molecule has 3 heteroatoms. The number of imidazole rings is 1. The first-order chi connectivity index (χ1) is 13.9. The van der Waals surface area contributed by atoms with Crippen LogP contribution in [-0.2, 0) is 4.79 Å². The van der Waals surface area contributed by atoms with Crippen LogP contribution in [0, 0.1) is 28.6 Å². The summed E-state index contributed by atoms with van der Waals surface area (Å²) in [5.41, 5.74) is 5.24. The molecule has 5 rings (SSSR count). The highest BCUT2D eigenvalue weighted by molar-refractivity contribution is 5.91. The van der Waals surface area contributed by atoms with Crippen molar-refractivity contribution in [1.29, 1.82) is 0 Å². The van der Waals surface area contributed by atoms with E-state index >= 15 is 0 Å². The summed E-state index contributed by atoms with van der Waals surface area (Å²) in [4.78, 5) is 16.6. The van der Waals surface area contributed by atoms with Crippen LogP contribution in [0.2, 0.25) is 0 Å². The lowest BCUT2D eigenvalue weighted by Gasteiger charge is -2.57. The van der Waals surface area contributed by atoms with Gasteiger partial charge in [-0.15, -0.1) is 0 Å². The Morgan fingerprint density at radius 2 is 1.93 bits per heavy atom. The Morgan fingerprint density at radius 3 is 2.69 bits per heavy atom. The SMILES string of the molecule is C=Cc1ncn(C2=CCC3C4CCC5=CC(=O)CCC5(C)C4CCC23C)c1C=C. The largest absolute Gasteiger partial charge is 0.302 e. The molecule has 0 aromatic carbocycles. The van der Waals surface area contributed by atoms with Crippen LogP contribution >= 0.6 is 0 Å². The minimum atomic E-state index is 0.181. The lowest BCUT2D eigenvalue weighted by molar-refractivity contribution is -0.117. The fourth-order valence-corrected chi connectivity index (χ4v) is 7.40. The summed E-state index contributed by atoms with van der Waals surface area (Å²) in [6, 6.07) is 0. The van der Waals surface area contributed by atoms with Gasteiger partial charge in [-0.05, 0) is 79.9 Å². The molecule has 0 saturated heterocycles. The third-order valence-electron chi connectivity index (χ3n) is 8.98. The Morgan fingerprint density at radius 1 is 1.10 bits per heavy atom. The summed E-state index contributed by atoms with van der Waals surface area (Å²) in [5, 5.41) is 0. The van der Waals surface area contributed by atoms with Gasteiger partial charge < -0.3 is 4.57 Å². The van der Waals surface area contributed by atoms with Gasteiger partial charge in [0.05, 0.1) is 11.4 Å². The van der Waals surface area contributed by atoms with Crippen LogP contribution in [0.5, 0.6) is 0 Å². The maximum Gasteiger partial charge on any atom is 0.155 e. The quantitative estimate of drug-likeness (QED) is 0.622. The molecule has 5 atom stereocenters. The average molecular weight is 389 g/mol. The third-order valence-corrected chi connectivity index (χ3v) is 8.98. The summed E-state index contributed by atoms with van der Waals surface area (Å²) in [6.07, 6.45) is 17.9. The molecule has 5 unspecified atom stereocenters. The monoisotopic (exact) mass is 388 g/mol. The van der Waals surface area contributed by atoms with E-state index in [1.54, 1.807) is 0 Å². The zero-order valence-corrected chi connectivity index (χ0v) is 17.8. The second kappa shape index (κ2) is 6.42. The van der Waals surface area contributed by atoms with E-state index in [2.05, 4.69) is 42.6 Å². The summed E-state index contributed by atoms with van der Waals surface area (Å²) >= 11 is 0. The molecule has 3 nitrogen and oxygen atoms in total. The van der Waals surface area contributed by atoms with Crippen molar-refractivity contribution in [2.24, 2.45) is 28.6 Å². The molecule has 0 radical (unpaired) electrons. The number of ketones is 1. The number of hydrogen-bond donors (Lipinski definition) is 0. The molecule has 0 bridgehead atoms. The van der Waals surface area contributed by atoms with Gasteiger partial charge in [-0.2, -0.15) is 0 Å². The van der Waals surface area contributed by atoms with E-state index in [-0.39, 0.29) is 10.8 Å². The number of carbonyl (C=O) groups excluding carboxylic acids is 1. The molecule has 4 aliphatic carbocycles. The first-order valence-corrected chi connectivity index (χ1v) is 11.2. The third kappa shape index (κ3) is 2.49. The molecule has 0 aliphatic heterocycles. The van der Waals surface area contributed by atoms with Gasteiger partial charge in [0.1, 0.15) is 6.33 Å². The van der Waals surface area contributed by atoms with Crippen LogP contribution in [0.3, 0.4) is 0 Å². The van der Waals surface area contributed by atoms with Crippen LogP contribution < -0.4 is 0 Å². The highest BCUT2D eigenvalue weighted by Gasteiger charge is 2.57. The normalized spacial score (nSPS) is 38.4. The Labute approximate surface area is 174 Å². The van der Waals surface area contributed by atoms with Crippen LogP contribution in [0.15, 0.2) is 37.2 Å². The molecular formula is C26H32N2O. The van der Waals surface area contributed by atoms with Gasteiger partial charge in [0, 0.05) is 17.5 Å². The predicted octanol–water partition coefficient (Wildman–Crippen LogP) is 6.15. The molecule has 29 heavy (non-hydrogen) atoms. The zero-order valence-electron chi connectivity index (χ0n) is 17.8. The summed E-state index contributed by atoms with van der Waals surface area (Å²) in [7, 11) is 0. The van der Waals surface area contributed by atoms with E-state index in [0.717, 1.165) is 43.0 Å². The van der Waals surface area contributed by atoms with E-state index in [0.29, 0.717) is 17.6 Å². The number of hydrogen-bond acceptors (Lipinski definition) is 2. The molecule has 0 N–H and O–H groups in total. The number of aromatic nitrogens is 2. The summed E-state index contributed by atoms with van der Waals surface area (Å²) in [6.45, 7) is 12.9.